The van der Waals surface area contributed by atoms with E-state index in [-0.39, 0.29) is 35.0 Å². The molecule has 0 spiro atoms. The maximum Gasteiger partial charge on any atom is 0.265 e. The Labute approximate surface area is 305 Å². The first-order valence-electron chi connectivity index (χ1n) is 16.1. The van der Waals surface area contributed by atoms with Crippen LogP contribution in [0.2, 0.25) is 5.02 Å². The normalized spacial score (nSPS) is 12.0. The Morgan fingerprint density at radius 3 is 2.02 bits per heavy atom. The molecule has 0 fully saturated rings. The third kappa shape index (κ3) is 9.86. The molecule has 4 aromatic carbocycles. The molecule has 0 saturated carbocycles. The van der Waals surface area contributed by atoms with Gasteiger partial charge in [0.05, 0.1) is 39.0 Å². The minimum Gasteiger partial charge on any atom is -0.497 e. The zero-order valence-electron chi connectivity index (χ0n) is 29.8. The van der Waals surface area contributed by atoms with E-state index in [1.165, 1.54) is 57.6 Å². The molecule has 2 amide bonds. The molecule has 0 heterocycles. The second kappa shape index (κ2) is 16.8. The summed E-state index contributed by atoms with van der Waals surface area (Å²) in [5.74, 6) is -0.0801. The number of ether oxygens (including phenoxy) is 4. The molecule has 0 saturated heterocycles. The highest BCUT2D eigenvalue weighted by atomic mass is 35.5. The molecule has 11 nitrogen and oxygen atoms in total. The van der Waals surface area contributed by atoms with Crippen molar-refractivity contribution in [2.75, 3.05) is 39.3 Å². The van der Waals surface area contributed by atoms with Gasteiger partial charge in [0.25, 0.3) is 10.0 Å². The highest BCUT2D eigenvalue weighted by Crippen LogP contribution is 2.38. The van der Waals surface area contributed by atoms with Gasteiger partial charge in [-0.25, -0.2) is 8.42 Å². The topological polar surface area (TPSA) is 124 Å². The number of hydrogen-bond acceptors (Lipinski definition) is 8. The lowest BCUT2D eigenvalue weighted by Crippen LogP contribution is -2.56. The molecule has 0 bridgehead atoms. The fourth-order valence-electron chi connectivity index (χ4n) is 5.45. The maximum absolute atomic E-state index is 14.9. The quantitative estimate of drug-likeness (QED) is 0.155. The fourth-order valence-corrected chi connectivity index (χ4v) is 7.09. The lowest BCUT2D eigenvalue weighted by molar-refractivity contribution is -0.140. The Balaban J connectivity index is 1.91. The smallest absolute Gasteiger partial charge is 0.265 e. The zero-order chi connectivity index (χ0) is 37.3. The molecular weight excluding hydrogens is 694 g/mol. The van der Waals surface area contributed by atoms with Crippen molar-refractivity contribution in [3.05, 3.63) is 107 Å². The number of nitrogens with one attached hydrogen (secondary N) is 1. The molecule has 0 radical (unpaired) electrons. The van der Waals surface area contributed by atoms with E-state index in [0.717, 1.165) is 9.87 Å². The van der Waals surface area contributed by atoms with Gasteiger partial charge >= 0.3 is 0 Å². The van der Waals surface area contributed by atoms with Crippen LogP contribution in [0.1, 0.15) is 31.9 Å². The Kier molecular flexibility index (Phi) is 12.8. The molecule has 272 valence electrons. The van der Waals surface area contributed by atoms with Crippen LogP contribution in [0, 0.1) is 0 Å². The standard InChI is InChI=1S/C38H44ClN3O8S/c1-38(2,3)40-37(44)32(21-26-12-9-8-10-13-26)41(24-27-14-11-15-28(39)20-27)36(43)25-42(31-22-29(47-4)16-18-33(31)48-5)51(45,46)30-17-19-34(49-6)35(23-30)50-7/h8-20,22-23,32H,21,24-25H2,1-7H3,(H,40,44). The molecule has 4 aromatic rings. The first kappa shape index (κ1) is 38.9. The van der Waals surface area contributed by atoms with Crippen molar-refractivity contribution in [3.8, 4) is 23.0 Å². The summed E-state index contributed by atoms with van der Waals surface area (Å²) >= 11 is 6.35. The molecule has 0 aliphatic heterocycles. The van der Waals surface area contributed by atoms with Crippen molar-refractivity contribution in [2.24, 2.45) is 0 Å². The van der Waals surface area contributed by atoms with E-state index >= 15 is 0 Å². The van der Waals surface area contributed by atoms with Gasteiger partial charge in [-0.3, -0.25) is 13.9 Å². The Morgan fingerprint density at radius 2 is 1.41 bits per heavy atom. The number of anilines is 1. The number of carbonyl (C=O) groups is 2. The van der Waals surface area contributed by atoms with Crippen LogP contribution >= 0.6 is 11.6 Å². The van der Waals surface area contributed by atoms with Gasteiger partial charge in [0, 0.05) is 35.7 Å². The molecule has 0 aliphatic carbocycles. The molecule has 0 aliphatic rings. The van der Waals surface area contributed by atoms with Crippen LogP contribution in [-0.2, 0) is 32.6 Å². The van der Waals surface area contributed by atoms with Gasteiger partial charge in [-0.15, -0.1) is 0 Å². The second-order valence-electron chi connectivity index (χ2n) is 12.7. The summed E-state index contributed by atoms with van der Waals surface area (Å²) in [4.78, 5) is 30.2. The van der Waals surface area contributed by atoms with Crippen LogP contribution in [0.15, 0.2) is 95.9 Å². The van der Waals surface area contributed by atoms with Crippen molar-refractivity contribution in [3.63, 3.8) is 0 Å². The van der Waals surface area contributed by atoms with Crippen molar-refractivity contribution in [2.45, 2.75) is 50.2 Å². The predicted molar refractivity (Wildman–Crippen MR) is 197 cm³/mol. The molecule has 0 aromatic heterocycles. The highest BCUT2D eigenvalue weighted by Gasteiger charge is 2.37. The molecule has 13 heteroatoms. The summed E-state index contributed by atoms with van der Waals surface area (Å²) in [5.41, 5.74) is 0.861. The molecule has 1 atom stereocenters. The van der Waals surface area contributed by atoms with Crippen molar-refractivity contribution < 1.29 is 37.0 Å². The number of benzene rings is 4. The van der Waals surface area contributed by atoms with Gasteiger partial charge in [-0.2, -0.15) is 0 Å². The van der Waals surface area contributed by atoms with Gasteiger partial charge in [-0.1, -0.05) is 54.1 Å². The van der Waals surface area contributed by atoms with Crippen molar-refractivity contribution in [1.82, 2.24) is 10.2 Å². The van der Waals surface area contributed by atoms with E-state index in [9.17, 15) is 18.0 Å². The second-order valence-corrected chi connectivity index (χ2v) is 15.0. The average molecular weight is 738 g/mol. The number of amides is 2. The molecule has 51 heavy (non-hydrogen) atoms. The van der Waals surface area contributed by atoms with E-state index < -0.39 is 40.0 Å². The third-order valence-corrected chi connectivity index (χ3v) is 9.88. The summed E-state index contributed by atoms with van der Waals surface area (Å²) in [7, 11) is 1.15. The Hall–Kier alpha value is -4.94. The molecule has 1 N–H and O–H groups in total. The zero-order valence-corrected chi connectivity index (χ0v) is 31.4. The largest absolute Gasteiger partial charge is 0.497 e. The third-order valence-electron chi connectivity index (χ3n) is 7.89. The van der Waals surface area contributed by atoms with Crippen LogP contribution in [0.4, 0.5) is 5.69 Å². The van der Waals surface area contributed by atoms with E-state index in [2.05, 4.69) is 5.32 Å². The first-order chi connectivity index (χ1) is 24.2. The summed E-state index contributed by atoms with van der Waals surface area (Å²) in [5, 5.41) is 3.46. The van der Waals surface area contributed by atoms with Crippen LogP contribution in [0.5, 0.6) is 23.0 Å². The SMILES string of the molecule is COc1ccc(OC)c(N(CC(=O)N(Cc2cccc(Cl)c2)C(Cc2ccccc2)C(=O)NC(C)(C)C)S(=O)(=O)c2ccc(OC)c(OC)c2)c1. The van der Waals surface area contributed by atoms with Gasteiger partial charge < -0.3 is 29.2 Å². The van der Waals surface area contributed by atoms with Crippen LogP contribution in [0.3, 0.4) is 0 Å². The Morgan fingerprint density at radius 1 is 0.765 bits per heavy atom. The highest BCUT2D eigenvalue weighted by molar-refractivity contribution is 7.92. The number of hydrogen-bond donors (Lipinski definition) is 1. The van der Waals surface area contributed by atoms with E-state index in [4.69, 9.17) is 30.5 Å². The number of rotatable bonds is 15. The van der Waals surface area contributed by atoms with Crippen LogP contribution < -0.4 is 28.6 Å². The summed E-state index contributed by atoms with van der Waals surface area (Å²) in [6.07, 6.45) is 0.153. The van der Waals surface area contributed by atoms with Gasteiger partial charge in [0.15, 0.2) is 11.5 Å². The first-order valence-corrected chi connectivity index (χ1v) is 17.9. The maximum atomic E-state index is 14.9. The lowest BCUT2D eigenvalue weighted by atomic mass is 10.0. The fraction of sp³-hybridized carbons (Fsp3) is 0.316. The lowest BCUT2D eigenvalue weighted by Gasteiger charge is -2.35. The van der Waals surface area contributed by atoms with E-state index in [1.54, 1.807) is 36.4 Å². The number of nitrogens with zero attached hydrogens (tertiary/aromatic N) is 2. The van der Waals surface area contributed by atoms with Crippen molar-refractivity contribution >= 4 is 39.1 Å². The van der Waals surface area contributed by atoms with Crippen LogP contribution in [0.25, 0.3) is 0 Å². The van der Waals surface area contributed by atoms with Gasteiger partial charge in [0.1, 0.15) is 24.1 Å². The molecule has 1 unspecified atom stereocenters. The molecular formula is C38H44ClN3O8S. The average Bonchev–Trinajstić information content (AvgIpc) is 3.10. The van der Waals surface area contributed by atoms with Gasteiger partial charge in [-0.05, 0) is 68.3 Å². The Bertz CT molecular complexity index is 1930. The minimum absolute atomic E-state index is 0.0430. The number of methoxy groups -OCH3 is 4. The van der Waals surface area contributed by atoms with E-state index in [1.807, 2.05) is 51.1 Å². The summed E-state index contributed by atoms with van der Waals surface area (Å²) in [6.45, 7) is 4.78. The minimum atomic E-state index is -4.52. The monoisotopic (exact) mass is 737 g/mol. The van der Waals surface area contributed by atoms with Crippen molar-refractivity contribution in [1.29, 1.82) is 0 Å². The summed E-state index contributed by atoms with van der Waals surface area (Å²) < 4.78 is 52.1. The number of sulfonamides is 1. The number of carbonyl (C=O) groups excluding carboxylic acids is 2. The van der Waals surface area contributed by atoms with E-state index in [0.29, 0.717) is 22.1 Å². The van der Waals surface area contributed by atoms with Crippen LogP contribution in [-0.4, -0.2) is 71.7 Å². The number of halogens is 1. The molecule has 4 rings (SSSR count). The van der Waals surface area contributed by atoms with Gasteiger partial charge in [0.2, 0.25) is 11.8 Å². The predicted octanol–water partition coefficient (Wildman–Crippen LogP) is 6.12. The summed E-state index contributed by atoms with van der Waals surface area (Å²) in [6, 6.07) is 24.0.